The molecule has 0 saturated carbocycles. The Morgan fingerprint density at radius 3 is 2.56 bits per heavy atom. The van der Waals surface area contributed by atoms with Crippen LogP contribution in [0.15, 0.2) is 53.7 Å². The van der Waals surface area contributed by atoms with Crippen molar-refractivity contribution >= 4 is 34.4 Å². The number of nitrogens with one attached hydrogen (secondary N) is 2. The molecule has 1 amide bonds. The topological polar surface area (TPSA) is 57.8 Å². The third kappa shape index (κ3) is 3.96. The molecule has 25 heavy (non-hydrogen) atoms. The van der Waals surface area contributed by atoms with Crippen molar-refractivity contribution in [1.29, 1.82) is 0 Å². The van der Waals surface area contributed by atoms with Gasteiger partial charge in [-0.3, -0.25) is 4.79 Å². The number of hydrogen-bond donors (Lipinski definition) is 2. The first-order chi connectivity index (χ1) is 11.8. The van der Waals surface area contributed by atoms with Gasteiger partial charge in [0.05, 0.1) is 27.5 Å². The number of imidazole rings is 1. The average molecular weight is 365 g/mol. The fraction of sp³-hybridized carbons (Fsp3) is 0.176. The van der Waals surface area contributed by atoms with Crippen LogP contribution in [0.5, 0.6) is 0 Å². The highest BCUT2D eigenvalue weighted by Gasteiger charge is 2.34. The van der Waals surface area contributed by atoms with E-state index in [1.807, 2.05) is 24.3 Å². The number of aromatic amines is 1. The van der Waals surface area contributed by atoms with Crippen LogP contribution in [0.25, 0.3) is 11.0 Å². The van der Waals surface area contributed by atoms with E-state index in [9.17, 15) is 18.0 Å². The number of para-hydroxylation sites is 3. The number of thioether (sulfide) groups is 1. The Kier molecular flexibility index (Phi) is 4.71. The molecule has 4 nitrogen and oxygen atoms in total. The minimum absolute atomic E-state index is 0.253. The van der Waals surface area contributed by atoms with Crippen LogP contribution in [0.2, 0.25) is 0 Å². The number of aromatic nitrogens is 2. The van der Waals surface area contributed by atoms with Gasteiger partial charge >= 0.3 is 6.18 Å². The molecule has 0 spiro atoms. The van der Waals surface area contributed by atoms with Crippen LogP contribution in [0, 0.1) is 0 Å². The van der Waals surface area contributed by atoms with Crippen molar-refractivity contribution < 1.29 is 18.0 Å². The SMILES string of the molecule is C[C@@H](Sc1nc2ccccc2[nH]1)C(=O)Nc1ccccc1C(F)(F)F. The standard InChI is InChI=1S/C17H14F3N3OS/c1-10(25-16-22-13-8-4-5-9-14(13)23-16)15(24)21-12-7-3-2-6-11(12)17(18,19)20/h2-10H,1H3,(H,21,24)(H,22,23)/t10-/m1/s1. The first-order valence-corrected chi connectivity index (χ1v) is 8.31. The van der Waals surface area contributed by atoms with Gasteiger partial charge in [-0.1, -0.05) is 36.0 Å². The summed E-state index contributed by atoms with van der Waals surface area (Å²) in [5.41, 5.74) is 0.474. The van der Waals surface area contributed by atoms with E-state index in [2.05, 4.69) is 15.3 Å². The van der Waals surface area contributed by atoms with E-state index in [-0.39, 0.29) is 5.69 Å². The van der Waals surface area contributed by atoms with Crippen molar-refractivity contribution in [3.05, 3.63) is 54.1 Å². The van der Waals surface area contributed by atoms with Crippen LogP contribution in [0.4, 0.5) is 18.9 Å². The van der Waals surface area contributed by atoms with Crippen molar-refractivity contribution in [2.45, 2.75) is 23.5 Å². The van der Waals surface area contributed by atoms with Gasteiger partial charge in [-0.05, 0) is 31.2 Å². The van der Waals surface area contributed by atoms with Crippen LogP contribution in [0.1, 0.15) is 12.5 Å². The molecule has 130 valence electrons. The lowest BCUT2D eigenvalue weighted by molar-refractivity contribution is -0.137. The molecule has 0 aliphatic carbocycles. The Balaban J connectivity index is 1.73. The average Bonchev–Trinajstić information content (AvgIpc) is 2.96. The third-order valence-electron chi connectivity index (χ3n) is 3.52. The van der Waals surface area contributed by atoms with Gasteiger partial charge in [-0.25, -0.2) is 4.98 Å². The molecule has 0 unspecified atom stereocenters. The van der Waals surface area contributed by atoms with Gasteiger partial charge in [0.1, 0.15) is 0 Å². The molecule has 2 aromatic carbocycles. The third-order valence-corrected chi connectivity index (χ3v) is 4.50. The molecule has 1 atom stereocenters. The normalized spacial score (nSPS) is 13.0. The summed E-state index contributed by atoms with van der Waals surface area (Å²) in [6.45, 7) is 1.61. The molecule has 8 heteroatoms. The highest BCUT2D eigenvalue weighted by molar-refractivity contribution is 8.00. The number of benzene rings is 2. The zero-order chi connectivity index (χ0) is 18.0. The quantitative estimate of drug-likeness (QED) is 0.659. The number of anilines is 1. The molecule has 1 heterocycles. The van der Waals surface area contributed by atoms with E-state index in [4.69, 9.17) is 0 Å². The maximum Gasteiger partial charge on any atom is 0.418 e. The molecule has 3 aromatic rings. The summed E-state index contributed by atoms with van der Waals surface area (Å²) in [4.78, 5) is 19.7. The maximum atomic E-state index is 13.0. The molecule has 1 aromatic heterocycles. The fourth-order valence-corrected chi connectivity index (χ4v) is 3.10. The summed E-state index contributed by atoms with van der Waals surface area (Å²) in [5, 5.41) is 2.26. The smallest absolute Gasteiger partial charge is 0.333 e. The number of carbonyl (C=O) groups excluding carboxylic acids is 1. The lowest BCUT2D eigenvalue weighted by Crippen LogP contribution is -2.24. The molecule has 0 aliphatic heterocycles. The fourth-order valence-electron chi connectivity index (χ4n) is 2.28. The number of amides is 1. The van der Waals surface area contributed by atoms with E-state index in [0.717, 1.165) is 28.9 Å². The van der Waals surface area contributed by atoms with Gasteiger partial charge in [0, 0.05) is 0 Å². The van der Waals surface area contributed by atoms with Crippen molar-refractivity contribution in [2.75, 3.05) is 5.32 Å². The monoisotopic (exact) mass is 365 g/mol. The Morgan fingerprint density at radius 1 is 1.16 bits per heavy atom. The number of H-pyrrole nitrogens is 1. The number of halogens is 3. The first-order valence-electron chi connectivity index (χ1n) is 7.43. The second-order valence-corrected chi connectivity index (χ2v) is 6.68. The second kappa shape index (κ2) is 6.79. The van der Waals surface area contributed by atoms with Gasteiger partial charge in [-0.15, -0.1) is 0 Å². The van der Waals surface area contributed by atoms with Gasteiger partial charge in [0.2, 0.25) is 5.91 Å². The molecular weight excluding hydrogens is 351 g/mol. The van der Waals surface area contributed by atoms with Gasteiger partial charge in [-0.2, -0.15) is 13.2 Å². The predicted molar refractivity (Wildman–Crippen MR) is 91.5 cm³/mol. The molecule has 3 rings (SSSR count). The Labute approximate surface area is 145 Å². The van der Waals surface area contributed by atoms with Crippen LogP contribution >= 0.6 is 11.8 Å². The summed E-state index contributed by atoms with van der Waals surface area (Å²) in [5.74, 6) is -0.526. The van der Waals surface area contributed by atoms with Gasteiger partial charge in [0.25, 0.3) is 0 Å². The van der Waals surface area contributed by atoms with E-state index in [1.165, 1.54) is 18.2 Å². The summed E-state index contributed by atoms with van der Waals surface area (Å²) >= 11 is 1.15. The minimum Gasteiger partial charge on any atom is -0.333 e. The van der Waals surface area contributed by atoms with Gasteiger partial charge in [0.15, 0.2) is 5.16 Å². The van der Waals surface area contributed by atoms with Crippen molar-refractivity contribution in [1.82, 2.24) is 9.97 Å². The molecule has 0 bridgehead atoms. The lowest BCUT2D eigenvalue weighted by Gasteiger charge is -2.15. The number of hydrogen-bond acceptors (Lipinski definition) is 3. The number of alkyl halides is 3. The lowest BCUT2D eigenvalue weighted by atomic mass is 10.1. The molecule has 2 N–H and O–H groups in total. The van der Waals surface area contributed by atoms with Gasteiger partial charge < -0.3 is 10.3 Å². The number of fused-ring (bicyclic) bond motifs is 1. The maximum absolute atomic E-state index is 13.0. The second-order valence-electron chi connectivity index (χ2n) is 5.35. The predicted octanol–water partition coefficient (Wildman–Crippen LogP) is 4.70. The summed E-state index contributed by atoms with van der Waals surface area (Å²) < 4.78 is 39.0. The Morgan fingerprint density at radius 2 is 1.84 bits per heavy atom. The van der Waals surface area contributed by atoms with E-state index in [1.54, 1.807) is 6.92 Å². The molecular formula is C17H14F3N3OS. The Hall–Kier alpha value is -2.48. The van der Waals surface area contributed by atoms with E-state index in [0.29, 0.717) is 5.16 Å². The van der Waals surface area contributed by atoms with E-state index < -0.39 is 22.9 Å². The van der Waals surface area contributed by atoms with Crippen LogP contribution < -0.4 is 5.32 Å². The minimum atomic E-state index is -4.53. The number of rotatable bonds is 4. The summed E-state index contributed by atoms with van der Waals surface area (Å²) in [6, 6.07) is 12.3. The van der Waals surface area contributed by atoms with Crippen LogP contribution in [-0.4, -0.2) is 21.1 Å². The van der Waals surface area contributed by atoms with Crippen LogP contribution in [-0.2, 0) is 11.0 Å². The largest absolute Gasteiger partial charge is 0.418 e. The van der Waals surface area contributed by atoms with Crippen LogP contribution in [0.3, 0.4) is 0 Å². The molecule has 0 radical (unpaired) electrons. The van der Waals surface area contributed by atoms with E-state index >= 15 is 0 Å². The van der Waals surface area contributed by atoms with Crippen molar-refractivity contribution in [2.24, 2.45) is 0 Å². The highest BCUT2D eigenvalue weighted by atomic mass is 32.2. The van der Waals surface area contributed by atoms with Crippen molar-refractivity contribution in [3.8, 4) is 0 Å². The molecule has 0 fully saturated rings. The van der Waals surface area contributed by atoms with Crippen molar-refractivity contribution in [3.63, 3.8) is 0 Å². The number of carbonyl (C=O) groups is 1. The zero-order valence-corrected chi connectivity index (χ0v) is 13.9. The molecule has 0 saturated heterocycles. The number of nitrogens with zero attached hydrogens (tertiary/aromatic N) is 1. The summed E-state index contributed by atoms with van der Waals surface area (Å²) in [6.07, 6.45) is -4.53. The summed E-state index contributed by atoms with van der Waals surface area (Å²) in [7, 11) is 0. The first kappa shape index (κ1) is 17.3. The zero-order valence-electron chi connectivity index (χ0n) is 13.1. The highest BCUT2D eigenvalue weighted by Crippen LogP contribution is 2.35. The molecule has 0 aliphatic rings. The Bertz CT molecular complexity index is 874.